The highest BCUT2D eigenvalue weighted by Gasteiger charge is 2.41. The molecular weight excluding hydrogens is 468 g/mol. The molecule has 0 spiro atoms. The first-order valence-corrected chi connectivity index (χ1v) is 11.9. The van der Waals surface area contributed by atoms with Crippen molar-refractivity contribution in [1.82, 2.24) is 9.80 Å². The molecule has 0 aromatic rings. The first-order valence-electron chi connectivity index (χ1n) is 9.47. The average molecular weight is 491 g/mol. The summed E-state index contributed by atoms with van der Waals surface area (Å²) in [4.78, 5) is 50.2. The summed E-state index contributed by atoms with van der Waals surface area (Å²) in [7, 11) is 0. The number of rotatable bonds is 12. The standard InChI is InChI=1S/C18H22N2O6S4/c21-11(22)7-3-1-5-9-19-15(25)13(29-17(19)27)14-16(26)20(18(28)30-14)10-6-2-4-8-12(23)24/h1-10H2,(H,21,22)(H,23,24). The number of carbonyl (C=O) groups excluding carboxylic acids is 2. The maximum atomic E-state index is 12.8. The largest absolute Gasteiger partial charge is 0.481 e. The van der Waals surface area contributed by atoms with Gasteiger partial charge in [0.2, 0.25) is 0 Å². The molecule has 164 valence electrons. The van der Waals surface area contributed by atoms with E-state index in [-0.39, 0.29) is 34.5 Å². The van der Waals surface area contributed by atoms with Crippen molar-refractivity contribution in [1.29, 1.82) is 0 Å². The Bertz CT molecular complexity index is 734. The minimum absolute atomic E-state index is 0.0944. The Hall–Kier alpha value is -1.50. The van der Waals surface area contributed by atoms with Gasteiger partial charge in [0.05, 0.1) is 9.81 Å². The lowest BCUT2D eigenvalue weighted by Gasteiger charge is -2.14. The van der Waals surface area contributed by atoms with Crippen LogP contribution in [0.15, 0.2) is 9.81 Å². The van der Waals surface area contributed by atoms with E-state index in [0.29, 0.717) is 60.3 Å². The highest BCUT2D eigenvalue weighted by atomic mass is 32.2. The third-order valence-electron chi connectivity index (χ3n) is 4.45. The smallest absolute Gasteiger partial charge is 0.303 e. The van der Waals surface area contributed by atoms with Crippen molar-refractivity contribution in [3.63, 3.8) is 0 Å². The van der Waals surface area contributed by atoms with Crippen molar-refractivity contribution in [3.05, 3.63) is 9.81 Å². The van der Waals surface area contributed by atoms with Gasteiger partial charge in [0.25, 0.3) is 11.8 Å². The van der Waals surface area contributed by atoms with Crippen LogP contribution >= 0.6 is 48.0 Å². The lowest BCUT2D eigenvalue weighted by Crippen LogP contribution is -2.31. The molecule has 2 amide bonds. The molecule has 2 fully saturated rings. The SMILES string of the molecule is O=C(O)CCCCCN1C(=O)C(=C2SC(=S)N(CCCCCC(=O)O)C2=O)SC1=S. The summed E-state index contributed by atoms with van der Waals surface area (Å²) in [5, 5.41) is 17.3. The van der Waals surface area contributed by atoms with Gasteiger partial charge in [0.1, 0.15) is 8.64 Å². The first kappa shape index (κ1) is 24.8. The average Bonchev–Trinajstić information content (AvgIpc) is 3.10. The van der Waals surface area contributed by atoms with Gasteiger partial charge in [0.15, 0.2) is 0 Å². The summed E-state index contributed by atoms with van der Waals surface area (Å²) < 4.78 is 0.763. The molecule has 0 bridgehead atoms. The van der Waals surface area contributed by atoms with Crippen LogP contribution in [0.5, 0.6) is 0 Å². The van der Waals surface area contributed by atoms with E-state index in [2.05, 4.69) is 0 Å². The molecule has 0 aromatic heterocycles. The third-order valence-corrected chi connectivity index (χ3v) is 7.47. The van der Waals surface area contributed by atoms with Gasteiger partial charge in [-0.2, -0.15) is 0 Å². The molecule has 12 heteroatoms. The van der Waals surface area contributed by atoms with Crippen LogP contribution in [0.4, 0.5) is 0 Å². The highest BCUT2D eigenvalue weighted by molar-refractivity contribution is 8.29. The van der Waals surface area contributed by atoms with Crippen LogP contribution in [0.25, 0.3) is 0 Å². The molecule has 0 aliphatic carbocycles. The van der Waals surface area contributed by atoms with Crippen LogP contribution in [-0.2, 0) is 19.2 Å². The molecule has 0 atom stereocenters. The van der Waals surface area contributed by atoms with Crippen LogP contribution in [0.1, 0.15) is 51.4 Å². The van der Waals surface area contributed by atoms with Crippen LogP contribution in [0.2, 0.25) is 0 Å². The summed E-state index contributed by atoms with van der Waals surface area (Å²) in [5.41, 5.74) is 0. The highest BCUT2D eigenvalue weighted by Crippen LogP contribution is 2.42. The van der Waals surface area contributed by atoms with Gasteiger partial charge in [-0.05, 0) is 25.7 Å². The van der Waals surface area contributed by atoms with E-state index in [1.165, 1.54) is 9.80 Å². The van der Waals surface area contributed by atoms with E-state index in [1.54, 1.807) is 0 Å². The van der Waals surface area contributed by atoms with Crippen LogP contribution < -0.4 is 0 Å². The molecule has 0 radical (unpaired) electrons. The van der Waals surface area contributed by atoms with Crippen LogP contribution in [-0.4, -0.2) is 65.5 Å². The first-order chi connectivity index (χ1) is 14.2. The molecule has 30 heavy (non-hydrogen) atoms. The second-order valence-corrected chi connectivity index (χ2v) is 10.0. The number of carbonyl (C=O) groups is 4. The predicted octanol–water partition coefficient (Wildman–Crippen LogP) is 3.21. The monoisotopic (exact) mass is 490 g/mol. The fraction of sp³-hybridized carbons (Fsp3) is 0.556. The zero-order valence-corrected chi connectivity index (χ0v) is 19.4. The van der Waals surface area contributed by atoms with Gasteiger partial charge < -0.3 is 10.2 Å². The fourth-order valence-electron chi connectivity index (χ4n) is 2.90. The molecular formula is C18H22N2O6S4. The van der Waals surface area contributed by atoms with Gasteiger partial charge in [-0.15, -0.1) is 0 Å². The summed E-state index contributed by atoms with van der Waals surface area (Å²) >= 11 is 12.8. The van der Waals surface area contributed by atoms with Crippen LogP contribution in [0.3, 0.4) is 0 Å². The second kappa shape index (κ2) is 11.8. The minimum Gasteiger partial charge on any atom is -0.481 e. The maximum Gasteiger partial charge on any atom is 0.303 e. The lowest BCUT2D eigenvalue weighted by molar-refractivity contribution is -0.138. The summed E-state index contributed by atoms with van der Waals surface area (Å²) in [6.07, 6.45) is 3.86. The van der Waals surface area contributed by atoms with E-state index in [1.807, 2.05) is 0 Å². The molecule has 2 N–H and O–H groups in total. The van der Waals surface area contributed by atoms with Crippen molar-refractivity contribution in [3.8, 4) is 0 Å². The number of aliphatic carboxylic acids is 2. The number of hydrogen-bond donors (Lipinski definition) is 2. The van der Waals surface area contributed by atoms with Crippen molar-refractivity contribution in [2.75, 3.05) is 13.1 Å². The Labute approximate surface area is 193 Å². The van der Waals surface area contributed by atoms with Gasteiger partial charge >= 0.3 is 11.9 Å². The van der Waals surface area contributed by atoms with E-state index < -0.39 is 11.9 Å². The molecule has 2 aliphatic rings. The van der Waals surface area contributed by atoms with Crippen molar-refractivity contribution >= 4 is 80.4 Å². The fourth-order valence-corrected chi connectivity index (χ4v) is 5.67. The van der Waals surface area contributed by atoms with E-state index in [4.69, 9.17) is 34.6 Å². The maximum absolute atomic E-state index is 12.8. The van der Waals surface area contributed by atoms with Crippen molar-refractivity contribution in [2.45, 2.75) is 51.4 Å². The van der Waals surface area contributed by atoms with Gasteiger partial charge in [-0.25, -0.2) is 0 Å². The van der Waals surface area contributed by atoms with Gasteiger partial charge in [-0.1, -0.05) is 60.8 Å². The molecule has 2 aliphatic heterocycles. The number of hydrogen-bond acceptors (Lipinski definition) is 8. The Morgan fingerprint density at radius 1 is 0.700 bits per heavy atom. The van der Waals surface area contributed by atoms with Crippen LogP contribution in [0, 0.1) is 0 Å². The molecule has 0 unspecified atom stereocenters. The molecule has 2 rings (SSSR count). The van der Waals surface area contributed by atoms with Gasteiger partial charge in [0, 0.05) is 25.9 Å². The molecule has 0 aromatic carbocycles. The predicted molar refractivity (Wildman–Crippen MR) is 123 cm³/mol. The Balaban J connectivity index is 1.92. The minimum atomic E-state index is -0.843. The normalized spacial score (nSPS) is 19.3. The zero-order chi connectivity index (χ0) is 22.3. The second-order valence-electron chi connectivity index (χ2n) is 6.72. The van der Waals surface area contributed by atoms with E-state index >= 15 is 0 Å². The summed E-state index contributed by atoms with van der Waals surface area (Å²) in [6.45, 7) is 0.773. The number of thioether (sulfide) groups is 2. The number of carboxylic acid groups (broad SMARTS) is 2. The van der Waals surface area contributed by atoms with E-state index in [0.717, 1.165) is 23.5 Å². The lowest BCUT2D eigenvalue weighted by atomic mass is 10.2. The number of amides is 2. The topological polar surface area (TPSA) is 115 Å². The number of nitrogens with zero attached hydrogens (tertiary/aromatic N) is 2. The molecule has 2 heterocycles. The number of carboxylic acids is 2. The quantitative estimate of drug-likeness (QED) is 0.240. The zero-order valence-electron chi connectivity index (χ0n) is 16.1. The summed E-state index contributed by atoms with van der Waals surface area (Å²) in [6, 6.07) is 0. The Kier molecular flexibility index (Phi) is 9.72. The van der Waals surface area contributed by atoms with Crippen molar-refractivity contribution in [2.24, 2.45) is 0 Å². The Morgan fingerprint density at radius 3 is 1.40 bits per heavy atom. The Morgan fingerprint density at radius 2 is 1.07 bits per heavy atom. The van der Waals surface area contributed by atoms with E-state index in [9.17, 15) is 19.2 Å². The number of unbranched alkanes of at least 4 members (excludes halogenated alkanes) is 4. The van der Waals surface area contributed by atoms with Crippen molar-refractivity contribution < 1.29 is 29.4 Å². The molecule has 2 saturated heterocycles. The summed E-state index contributed by atoms with van der Waals surface area (Å²) in [5.74, 6) is -2.32. The molecule has 0 saturated carbocycles. The number of thiocarbonyl (C=S) groups is 2. The molecule has 8 nitrogen and oxygen atoms in total. The third kappa shape index (κ3) is 6.76. The van der Waals surface area contributed by atoms with Gasteiger partial charge in [-0.3, -0.25) is 29.0 Å².